The molecule has 4 heterocycles. The van der Waals surface area contributed by atoms with Gasteiger partial charge in [-0.2, -0.15) is 5.10 Å². The number of nitrogens with zero attached hydrogens (tertiary/aromatic N) is 6. The molecular weight excluding hydrogens is 396 g/mol. The predicted molar refractivity (Wildman–Crippen MR) is 107 cm³/mol. The van der Waals surface area contributed by atoms with E-state index in [9.17, 15) is 4.79 Å². The molecule has 0 radical (unpaired) electrons. The summed E-state index contributed by atoms with van der Waals surface area (Å²) in [7, 11) is 0. The molecule has 4 rings (SSSR count). The normalized spacial score (nSPS) is 16.8. The van der Waals surface area contributed by atoms with Crippen LogP contribution in [0.15, 0.2) is 50.6 Å². The lowest BCUT2D eigenvalue weighted by Gasteiger charge is -2.19. The number of tetrazole rings is 1. The number of carbonyl (C=O) groups is 1. The average Bonchev–Trinajstić information content (AvgIpc) is 3.46. The quantitative estimate of drug-likeness (QED) is 0.548. The van der Waals surface area contributed by atoms with Crippen LogP contribution < -0.4 is 0 Å². The van der Waals surface area contributed by atoms with Crippen LogP contribution in [0.5, 0.6) is 0 Å². The molecule has 0 aromatic carbocycles. The molecule has 0 aliphatic carbocycles. The van der Waals surface area contributed by atoms with E-state index in [0.717, 1.165) is 16.3 Å². The van der Waals surface area contributed by atoms with Gasteiger partial charge >= 0.3 is 0 Å². The Balaban J connectivity index is 1.50. The lowest BCUT2D eigenvalue weighted by Crippen LogP contribution is -2.28. The van der Waals surface area contributed by atoms with E-state index >= 15 is 0 Å². The average molecular weight is 417 g/mol. The summed E-state index contributed by atoms with van der Waals surface area (Å²) in [4.78, 5) is 14.0. The first-order valence-electron chi connectivity index (χ1n) is 8.97. The van der Waals surface area contributed by atoms with Crippen LogP contribution in [-0.4, -0.2) is 42.6 Å². The summed E-state index contributed by atoms with van der Waals surface area (Å²) in [5.41, 5.74) is 0.902. The van der Waals surface area contributed by atoms with Crippen molar-refractivity contribution in [1.29, 1.82) is 0 Å². The zero-order valence-electron chi connectivity index (χ0n) is 15.6. The van der Waals surface area contributed by atoms with Gasteiger partial charge in [-0.15, -0.1) is 16.4 Å². The molecule has 146 valence electrons. The zero-order chi connectivity index (χ0) is 19.5. The van der Waals surface area contributed by atoms with E-state index < -0.39 is 0 Å². The molecule has 1 unspecified atom stereocenters. The number of hydrazone groups is 1. The highest BCUT2D eigenvalue weighted by molar-refractivity contribution is 7.99. The molecule has 0 fully saturated rings. The van der Waals surface area contributed by atoms with Gasteiger partial charge in [-0.25, -0.2) is 9.69 Å². The smallest absolute Gasteiger partial charge is 0.253 e. The molecule has 0 N–H and O–H groups in total. The van der Waals surface area contributed by atoms with Crippen LogP contribution in [0.3, 0.4) is 0 Å². The lowest BCUT2D eigenvalue weighted by molar-refractivity contribution is -0.130. The Morgan fingerprint density at radius 1 is 1.39 bits per heavy atom. The van der Waals surface area contributed by atoms with E-state index in [1.54, 1.807) is 22.3 Å². The van der Waals surface area contributed by atoms with Crippen LogP contribution in [-0.2, 0) is 11.3 Å². The standard InChI is InChI=1S/C18H20N6O2S2/c1-12(2)10-23-18(19-21-22-23)28-11-17(25)24-14(15-5-3-7-26-15)9-13(20-24)16-6-4-8-27-16/h3-8,12,14H,9-11H2,1-2H3. The second-order valence-corrected chi connectivity index (χ2v) is 8.71. The number of rotatable bonds is 7. The van der Waals surface area contributed by atoms with Crippen molar-refractivity contribution in [1.82, 2.24) is 25.2 Å². The molecule has 10 heteroatoms. The summed E-state index contributed by atoms with van der Waals surface area (Å²) in [6, 6.07) is 7.49. The summed E-state index contributed by atoms with van der Waals surface area (Å²) in [5.74, 6) is 1.26. The third-order valence-corrected chi connectivity index (χ3v) is 6.07. The van der Waals surface area contributed by atoms with Gasteiger partial charge in [0.15, 0.2) is 0 Å². The van der Waals surface area contributed by atoms with Crippen molar-refractivity contribution in [2.75, 3.05) is 5.75 Å². The molecular formula is C18H20N6O2S2. The number of furan rings is 1. The van der Waals surface area contributed by atoms with Crippen molar-refractivity contribution in [3.05, 3.63) is 46.5 Å². The summed E-state index contributed by atoms with van der Waals surface area (Å²) in [6.45, 7) is 4.91. The molecule has 28 heavy (non-hydrogen) atoms. The second-order valence-electron chi connectivity index (χ2n) is 6.82. The summed E-state index contributed by atoms with van der Waals surface area (Å²) < 4.78 is 7.30. The van der Waals surface area contributed by atoms with Crippen LogP contribution >= 0.6 is 23.1 Å². The van der Waals surface area contributed by atoms with Gasteiger partial charge in [-0.1, -0.05) is 31.7 Å². The first-order valence-corrected chi connectivity index (χ1v) is 10.8. The van der Waals surface area contributed by atoms with E-state index in [4.69, 9.17) is 4.42 Å². The van der Waals surface area contributed by atoms with Gasteiger partial charge in [-0.05, 0) is 39.9 Å². The maximum absolute atomic E-state index is 13.0. The third-order valence-electron chi connectivity index (χ3n) is 4.20. The monoisotopic (exact) mass is 416 g/mol. The van der Waals surface area contributed by atoms with Gasteiger partial charge in [0.2, 0.25) is 5.16 Å². The molecule has 8 nitrogen and oxygen atoms in total. The molecule has 3 aromatic heterocycles. The van der Waals surface area contributed by atoms with E-state index in [1.807, 2.05) is 29.6 Å². The Hall–Kier alpha value is -2.46. The van der Waals surface area contributed by atoms with E-state index in [0.29, 0.717) is 24.0 Å². The van der Waals surface area contributed by atoms with Crippen molar-refractivity contribution in [2.24, 2.45) is 11.0 Å². The fourth-order valence-electron chi connectivity index (χ4n) is 2.99. The van der Waals surface area contributed by atoms with Crippen molar-refractivity contribution < 1.29 is 9.21 Å². The number of hydrogen-bond acceptors (Lipinski definition) is 8. The molecule has 0 saturated carbocycles. The van der Waals surface area contributed by atoms with Crippen LogP contribution in [0.4, 0.5) is 0 Å². The Bertz CT molecular complexity index is 949. The van der Waals surface area contributed by atoms with E-state index in [2.05, 4.69) is 34.5 Å². The van der Waals surface area contributed by atoms with E-state index in [-0.39, 0.29) is 17.7 Å². The maximum atomic E-state index is 13.0. The molecule has 0 saturated heterocycles. The first-order chi connectivity index (χ1) is 13.6. The number of aromatic nitrogens is 4. The summed E-state index contributed by atoms with van der Waals surface area (Å²) in [6.07, 6.45) is 2.26. The molecule has 1 aliphatic heterocycles. The number of amides is 1. The molecule has 3 aromatic rings. The van der Waals surface area contributed by atoms with Crippen LogP contribution in [0.2, 0.25) is 0 Å². The largest absolute Gasteiger partial charge is 0.467 e. The Morgan fingerprint density at radius 3 is 3.00 bits per heavy atom. The van der Waals surface area contributed by atoms with Crippen LogP contribution in [0.1, 0.15) is 36.9 Å². The Morgan fingerprint density at radius 2 is 2.29 bits per heavy atom. The predicted octanol–water partition coefficient (Wildman–Crippen LogP) is 3.45. The minimum absolute atomic E-state index is 0.1000. The highest BCUT2D eigenvalue weighted by Gasteiger charge is 2.35. The van der Waals surface area contributed by atoms with Gasteiger partial charge < -0.3 is 4.42 Å². The molecule has 1 atom stereocenters. The van der Waals surface area contributed by atoms with Gasteiger partial charge in [0.25, 0.3) is 5.91 Å². The van der Waals surface area contributed by atoms with Crippen molar-refractivity contribution in [2.45, 2.75) is 38.0 Å². The maximum Gasteiger partial charge on any atom is 0.253 e. The number of carbonyl (C=O) groups excluding carboxylic acids is 1. The molecule has 1 aliphatic rings. The van der Waals surface area contributed by atoms with Gasteiger partial charge in [0, 0.05) is 13.0 Å². The molecule has 1 amide bonds. The highest BCUT2D eigenvalue weighted by atomic mass is 32.2. The number of thiophene rings is 1. The van der Waals surface area contributed by atoms with E-state index in [1.165, 1.54) is 16.8 Å². The summed E-state index contributed by atoms with van der Waals surface area (Å²) in [5, 5.41) is 20.6. The topological polar surface area (TPSA) is 89.4 Å². The minimum atomic E-state index is -0.230. The third kappa shape index (κ3) is 4.02. The lowest BCUT2D eigenvalue weighted by atomic mass is 10.1. The van der Waals surface area contributed by atoms with Crippen molar-refractivity contribution in [3.63, 3.8) is 0 Å². The highest BCUT2D eigenvalue weighted by Crippen LogP contribution is 2.34. The number of thioether (sulfide) groups is 1. The van der Waals surface area contributed by atoms with Crippen molar-refractivity contribution in [3.8, 4) is 0 Å². The van der Waals surface area contributed by atoms with Gasteiger partial charge in [0.1, 0.15) is 11.8 Å². The molecule has 0 spiro atoms. The fourth-order valence-corrected chi connectivity index (χ4v) is 4.45. The zero-order valence-corrected chi connectivity index (χ0v) is 17.2. The first kappa shape index (κ1) is 18.9. The second kappa shape index (κ2) is 8.27. The SMILES string of the molecule is CC(C)Cn1nnnc1SCC(=O)N1N=C(c2cccs2)CC1c1ccco1. The Kier molecular flexibility index (Phi) is 5.58. The van der Waals surface area contributed by atoms with Crippen LogP contribution in [0, 0.1) is 5.92 Å². The summed E-state index contributed by atoms with van der Waals surface area (Å²) >= 11 is 2.94. The van der Waals surface area contributed by atoms with Gasteiger partial charge in [-0.3, -0.25) is 4.79 Å². The number of hydrogen-bond donors (Lipinski definition) is 0. The molecule has 0 bridgehead atoms. The van der Waals surface area contributed by atoms with Crippen molar-refractivity contribution >= 4 is 34.7 Å². The Labute approximate surface area is 170 Å². The fraction of sp³-hybridized carbons (Fsp3) is 0.389. The van der Waals surface area contributed by atoms with Gasteiger partial charge in [0.05, 0.1) is 22.6 Å². The minimum Gasteiger partial charge on any atom is -0.467 e. The van der Waals surface area contributed by atoms with Crippen LogP contribution in [0.25, 0.3) is 0 Å².